The molecular formula is C29H38O13. The van der Waals surface area contributed by atoms with Crippen LogP contribution in [0.5, 0.6) is 34.5 Å². The minimum atomic E-state index is -1.60. The molecule has 0 aromatic heterocycles. The summed E-state index contributed by atoms with van der Waals surface area (Å²) >= 11 is 0. The highest BCUT2D eigenvalue weighted by atomic mass is 16.7. The third-order valence-corrected chi connectivity index (χ3v) is 8.17. The predicted octanol–water partition coefficient (Wildman–Crippen LogP) is 0.984. The fraction of sp³-hybridized carbons (Fsp3) is 0.586. The van der Waals surface area contributed by atoms with E-state index < -0.39 is 37.3 Å². The second-order valence-corrected chi connectivity index (χ2v) is 10.4. The number of fused-ring (bicyclic) bond motifs is 1. The van der Waals surface area contributed by atoms with Crippen LogP contribution in [0, 0.1) is 11.8 Å². The van der Waals surface area contributed by atoms with Gasteiger partial charge in [0.2, 0.25) is 17.8 Å². The number of aliphatic hydroxyl groups excluding tert-OH is 4. The van der Waals surface area contributed by atoms with E-state index in [9.17, 15) is 20.4 Å². The molecule has 3 saturated heterocycles. The Morgan fingerprint density at radius 3 is 1.50 bits per heavy atom. The molecular weight excluding hydrogens is 556 g/mol. The van der Waals surface area contributed by atoms with Crippen molar-refractivity contribution >= 4 is 0 Å². The normalized spacial score (nSPS) is 32.3. The molecule has 2 aromatic rings. The highest BCUT2D eigenvalue weighted by molar-refractivity contribution is 5.56. The van der Waals surface area contributed by atoms with Crippen LogP contribution in [-0.2, 0) is 14.2 Å². The van der Waals surface area contributed by atoms with Crippen LogP contribution in [0.25, 0.3) is 0 Å². The lowest BCUT2D eigenvalue weighted by atomic mass is 9.84. The van der Waals surface area contributed by atoms with Gasteiger partial charge in [0, 0.05) is 11.8 Å². The zero-order valence-electron chi connectivity index (χ0n) is 24.1. The topological polar surface area (TPSA) is 164 Å². The van der Waals surface area contributed by atoms with Gasteiger partial charge in [0.05, 0.1) is 67.6 Å². The summed E-state index contributed by atoms with van der Waals surface area (Å²) in [6, 6.07) is 7.28. The van der Waals surface area contributed by atoms with Crippen molar-refractivity contribution in [2.24, 2.45) is 11.8 Å². The van der Waals surface area contributed by atoms with Gasteiger partial charge in [-0.2, -0.15) is 0 Å². The van der Waals surface area contributed by atoms with Gasteiger partial charge in [0.15, 0.2) is 23.0 Å². The maximum atomic E-state index is 10.5. The van der Waals surface area contributed by atoms with Crippen molar-refractivity contribution in [1.82, 2.24) is 0 Å². The summed E-state index contributed by atoms with van der Waals surface area (Å²) in [5.74, 6) is 2.30. The Morgan fingerprint density at radius 2 is 1.10 bits per heavy atom. The number of aliphatic hydroxyl groups is 4. The van der Waals surface area contributed by atoms with E-state index in [1.165, 1.54) is 14.2 Å². The van der Waals surface area contributed by atoms with Crippen LogP contribution in [0.1, 0.15) is 23.3 Å². The molecule has 9 unspecified atom stereocenters. The molecule has 13 heteroatoms. The number of ether oxygens (including phenoxy) is 9. The van der Waals surface area contributed by atoms with Gasteiger partial charge in [-0.25, -0.2) is 0 Å². The van der Waals surface area contributed by atoms with Crippen molar-refractivity contribution in [3.05, 3.63) is 35.4 Å². The Hall–Kier alpha value is -3.04. The lowest BCUT2D eigenvalue weighted by Gasteiger charge is -2.39. The van der Waals surface area contributed by atoms with Crippen molar-refractivity contribution in [3.8, 4) is 34.5 Å². The van der Waals surface area contributed by atoms with E-state index >= 15 is 0 Å². The van der Waals surface area contributed by atoms with Crippen molar-refractivity contribution in [3.63, 3.8) is 0 Å². The molecule has 3 aliphatic heterocycles. The zero-order valence-corrected chi connectivity index (χ0v) is 24.1. The number of benzene rings is 2. The summed E-state index contributed by atoms with van der Waals surface area (Å²) in [7, 11) is 7.60. The first-order valence-electron chi connectivity index (χ1n) is 13.6. The van der Waals surface area contributed by atoms with Crippen LogP contribution >= 0.6 is 0 Å². The lowest BCUT2D eigenvalue weighted by molar-refractivity contribution is -0.277. The predicted molar refractivity (Wildman–Crippen MR) is 144 cm³/mol. The fourth-order valence-corrected chi connectivity index (χ4v) is 5.96. The van der Waals surface area contributed by atoms with E-state index in [2.05, 4.69) is 0 Å². The molecule has 3 heterocycles. The third kappa shape index (κ3) is 5.30. The van der Waals surface area contributed by atoms with E-state index in [-0.39, 0.29) is 41.3 Å². The first-order chi connectivity index (χ1) is 20.3. The Bertz CT molecular complexity index is 1190. The quantitative estimate of drug-likeness (QED) is 0.308. The average molecular weight is 595 g/mol. The SMILES string of the molecule is COc1cc(C2OCC3C(c4cc(OC)c(OC5OC(CO)C(O)C(O)C5O)c(OC)c4)OCC23)cc(OC)c1OC. The standard InChI is InChI=1S/C29H38O13/c1-34-17-6-13(7-18(35-2)27(17)38-5)25-15-11-40-26(16(15)12-39-25)14-8-19(36-3)28(20(9-14)37-4)42-29-24(33)23(32)22(31)21(10-30)41-29/h6-9,15-16,21-26,29-33H,10-12H2,1-5H3. The minimum Gasteiger partial charge on any atom is -0.493 e. The van der Waals surface area contributed by atoms with E-state index in [4.69, 9.17) is 42.6 Å². The summed E-state index contributed by atoms with van der Waals surface area (Å²) in [5, 5.41) is 40.3. The maximum absolute atomic E-state index is 10.5. The van der Waals surface area contributed by atoms with Crippen molar-refractivity contribution in [2.45, 2.75) is 42.9 Å². The molecule has 5 rings (SSSR count). The van der Waals surface area contributed by atoms with Crippen molar-refractivity contribution in [2.75, 3.05) is 55.4 Å². The number of hydrogen-bond acceptors (Lipinski definition) is 13. The average Bonchev–Trinajstić information content (AvgIpc) is 3.63. The molecule has 3 fully saturated rings. The van der Waals surface area contributed by atoms with Gasteiger partial charge >= 0.3 is 0 Å². The van der Waals surface area contributed by atoms with Gasteiger partial charge in [0.25, 0.3) is 0 Å². The minimum absolute atomic E-state index is 0.0146. The fourth-order valence-electron chi connectivity index (χ4n) is 5.96. The molecule has 0 saturated carbocycles. The summed E-state index contributed by atoms with van der Waals surface area (Å²) in [4.78, 5) is 0. The van der Waals surface area contributed by atoms with Gasteiger partial charge in [0.1, 0.15) is 24.4 Å². The van der Waals surface area contributed by atoms with E-state index in [1.54, 1.807) is 33.5 Å². The highest BCUT2D eigenvalue weighted by Crippen LogP contribution is 2.53. The van der Waals surface area contributed by atoms with Gasteiger partial charge < -0.3 is 63.1 Å². The van der Waals surface area contributed by atoms with Crippen LogP contribution in [0.15, 0.2) is 24.3 Å². The number of hydrogen-bond donors (Lipinski definition) is 4. The molecule has 0 aliphatic carbocycles. The second kappa shape index (κ2) is 12.7. The molecule has 9 atom stereocenters. The van der Waals surface area contributed by atoms with Crippen molar-refractivity contribution in [1.29, 1.82) is 0 Å². The molecule has 0 bridgehead atoms. The van der Waals surface area contributed by atoms with Crippen LogP contribution in [0.4, 0.5) is 0 Å². The van der Waals surface area contributed by atoms with Crippen molar-refractivity contribution < 1.29 is 63.1 Å². The smallest absolute Gasteiger partial charge is 0.229 e. The van der Waals surface area contributed by atoms with Gasteiger partial charge in [-0.05, 0) is 35.4 Å². The molecule has 3 aliphatic rings. The Morgan fingerprint density at radius 1 is 0.643 bits per heavy atom. The monoisotopic (exact) mass is 594 g/mol. The van der Waals surface area contributed by atoms with Gasteiger partial charge in [-0.15, -0.1) is 0 Å². The molecule has 42 heavy (non-hydrogen) atoms. The third-order valence-electron chi connectivity index (χ3n) is 8.17. The van der Waals surface area contributed by atoms with E-state index in [0.29, 0.717) is 30.5 Å². The molecule has 0 spiro atoms. The molecule has 0 amide bonds. The first kappa shape index (κ1) is 30.4. The lowest BCUT2D eigenvalue weighted by Crippen LogP contribution is -2.60. The molecule has 2 aromatic carbocycles. The number of rotatable bonds is 10. The molecule has 13 nitrogen and oxygen atoms in total. The highest BCUT2D eigenvalue weighted by Gasteiger charge is 2.49. The van der Waals surface area contributed by atoms with Crippen LogP contribution in [-0.4, -0.2) is 107 Å². The van der Waals surface area contributed by atoms with Crippen LogP contribution in [0.2, 0.25) is 0 Å². The summed E-state index contributed by atoms with van der Waals surface area (Å²) < 4.78 is 51.8. The molecule has 232 valence electrons. The van der Waals surface area contributed by atoms with Crippen LogP contribution in [0.3, 0.4) is 0 Å². The summed E-state index contributed by atoms with van der Waals surface area (Å²) in [6.07, 6.45) is -7.85. The van der Waals surface area contributed by atoms with Gasteiger partial charge in [-0.1, -0.05) is 0 Å². The van der Waals surface area contributed by atoms with Crippen LogP contribution < -0.4 is 28.4 Å². The zero-order chi connectivity index (χ0) is 30.1. The Labute approximate surface area is 243 Å². The largest absolute Gasteiger partial charge is 0.493 e. The van der Waals surface area contributed by atoms with E-state index in [1.807, 2.05) is 12.1 Å². The molecule has 4 N–H and O–H groups in total. The number of methoxy groups -OCH3 is 5. The van der Waals surface area contributed by atoms with E-state index in [0.717, 1.165) is 11.1 Å². The maximum Gasteiger partial charge on any atom is 0.229 e. The molecule has 0 radical (unpaired) electrons. The first-order valence-corrected chi connectivity index (χ1v) is 13.6. The summed E-state index contributed by atoms with van der Waals surface area (Å²) in [5.41, 5.74) is 1.66. The Balaban J connectivity index is 1.40. The summed E-state index contributed by atoms with van der Waals surface area (Å²) in [6.45, 7) is 0.313. The Kier molecular flexibility index (Phi) is 9.18. The second-order valence-electron chi connectivity index (χ2n) is 10.4. The van der Waals surface area contributed by atoms with Gasteiger partial charge in [-0.3, -0.25) is 0 Å².